The Labute approximate surface area is 202 Å². The Kier molecular flexibility index (Phi) is 15.1. The van der Waals surface area contributed by atoms with Crippen molar-refractivity contribution in [2.75, 3.05) is 12.0 Å². The summed E-state index contributed by atoms with van der Waals surface area (Å²) in [6.45, 7) is 11.2. The number of carbonyl (C=O) groups excluding carboxylic acids is 3. The van der Waals surface area contributed by atoms with Gasteiger partial charge in [0.1, 0.15) is 18.1 Å². The highest BCUT2D eigenvalue weighted by atomic mass is 32.2. The molecule has 33 heavy (non-hydrogen) atoms. The normalized spacial score (nSPS) is 16.8. The molecule has 0 spiro atoms. The zero-order valence-corrected chi connectivity index (χ0v) is 22.0. The number of nitrogens with one attached hydrogen (secondary N) is 3. The van der Waals surface area contributed by atoms with E-state index in [0.29, 0.717) is 25.7 Å². The van der Waals surface area contributed by atoms with Gasteiger partial charge in [0.15, 0.2) is 0 Å². The predicted octanol–water partition coefficient (Wildman–Crippen LogP) is 1.74. The minimum atomic E-state index is -1.11. The van der Waals surface area contributed by atoms with Crippen molar-refractivity contribution in [3.05, 3.63) is 0 Å². The van der Waals surface area contributed by atoms with Gasteiger partial charge in [0, 0.05) is 0 Å². The van der Waals surface area contributed by atoms with Crippen LogP contribution < -0.4 is 21.7 Å². The molecule has 6 N–H and O–H groups in total. The van der Waals surface area contributed by atoms with Gasteiger partial charge < -0.3 is 26.8 Å². The molecule has 3 amide bonds. The van der Waals surface area contributed by atoms with E-state index in [0.717, 1.165) is 5.75 Å². The molecule has 0 aliphatic heterocycles. The van der Waals surface area contributed by atoms with E-state index in [4.69, 9.17) is 5.73 Å². The molecule has 0 aliphatic carbocycles. The first-order valence-corrected chi connectivity index (χ1v) is 13.2. The molecule has 10 heteroatoms. The second-order valence-electron chi connectivity index (χ2n) is 9.16. The second-order valence-corrected chi connectivity index (χ2v) is 10.1. The highest BCUT2D eigenvalue weighted by molar-refractivity contribution is 7.98. The van der Waals surface area contributed by atoms with Gasteiger partial charge in [-0.25, -0.2) is 4.79 Å². The van der Waals surface area contributed by atoms with Crippen LogP contribution in [-0.4, -0.2) is 65.0 Å². The van der Waals surface area contributed by atoms with E-state index in [1.54, 1.807) is 18.7 Å². The van der Waals surface area contributed by atoms with Gasteiger partial charge in [-0.1, -0.05) is 54.4 Å². The molecule has 6 unspecified atom stereocenters. The molecule has 0 saturated heterocycles. The Bertz CT molecular complexity index is 646. The van der Waals surface area contributed by atoms with Gasteiger partial charge in [-0.05, 0) is 42.6 Å². The Hall–Kier alpha value is -1.81. The number of nitrogens with two attached hydrogens (primary N) is 1. The van der Waals surface area contributed by atoms with Crippen LogP contribution in [0.5, 0.6) is 0 Å². The molecule has 0 aromatic carbocycles. The largest absolute Gasteiger partial charge is 0.480 e. The SMILES string of the molecule is CCC(C)C(NC(=O)C(NC(=O)C(CC(C)C)NC(=O)C(N)CCSC)C(C)CC)C(=O)O. The molecule has 0 aromatic rings. The molecular formula is C23H44N4O5S. The van der Waals surface area contributed by atoms with Gasteiger partial charge in [0.05, 0.1) is 6.04 Å². The number of carboxylic acid groups (broad SMARTS) is 1. The highest BCUT2D eigenvalue weighted by Crippen LogP contribution is 2.13. The maximum absolute atomic E-state index is 13.1. The standard InChI is InChI=1S/C23H44N4O5S/c1-8-14(5)18(22(30)27-19(23(31)32)15(6)9-2)26-21(29)17(12-13(3)4)25-20(28)16(24)10-11-33-7/h13-19H,8-12,24H2,1-7H3,(H,25,28)(H,26,29)(H,27,30)(H,31,32). The van der Waals surface area contributed by atoms with Crippen LogP contribution in [0.1, 0.15) is 67.2 Å². The van der Waals surface area contributed by atoms with Crippen molar-refractivity contribution in [2.45, 2.75) is 91.4 Å². The number of hydrogen-bond donors (Lipinski definition) is 5. The Morgan fingerprint density at radius 1 is 0.848 bits per heavy atom. The molecule has 0 aliphatic rings. The first-order valence-electron chi connectivity index (χ1n) is 11.8. The smallest absolute Gasteiger partial charge is 0.326 e. The molecule has 0 bridgehead atoms. The Morgan fingerprint density at radius 2 is 1.36 bits per heavy atom. The molecule has 0 rings (SSSR count). The van der Waals surface area contributed by atoms with Crippen molar-refractivity contribution in [3.63, 3.8) is 0 Å². The summed E-state index contributed by atoms with van der Waals surface area (Å²) >= 11 is 1.59. The van der Waals surface area contributed by atoms with Crippen molar-refractivity contribution >= 4 is 35.5 Å². The van der Waals surface area contributed by atoms with Crippen LogP contribution >= 0.6 is 11.8 Å². The third-order valence-corrected chi connectivity index (χ3v) is 6.52. The Balaban J connectivity index is 5.55. The Morgan fingerprint density at radius 3 is 1.82 bits per heavy atom. The number of aliphatic carboxylic acids is 1. The van der Waals surface area contributed by atoms with Gasteiger partial charge in [-0.3, -0.25) is 14.4 Å². The van der Waals surface area contributed by atoms with Crippen LogP contribution in [-0.2, 0) is 19.2 Å². The summed E-state index contributed by atoms with van der Waals surface area (Å²) in [5.74, 6) is -2.21. The van der Waals surface area contributed by atoms with Crippen molar-refractivity contribution in [1.29, 1.82) is 0 Å². The average Bonchev–Trinajstić information content (AvgIpc) is 2.76. The van der Waals surface area contributed by atoms with E-state index in [1.165, 1.54) is 0 Å². The number of rotatable bonds is 16. The van der Waals surface area contributed by atoms with E-state index >= 15 is 0 Å². The fourth-order valence-corrected chi connectivity index (χ4v) is 3.73. The summed E-state index contributed by atoms with van der Waals surface area (Å²) in [4.78, 5) is 50.3. The second kappa shape index (κ2) is 15.9. The fraction of sp³-hybridized carbons (Fsp3) is 0.826. The zero-order valence-electron chi connectivity index (χ0n) is 21.1. The summed E-state index contributed by atoms with van der Waals surface area (Å²) < 4.78 is 0. The maximum atomic E-state index is 13.1. The first-order chi connectivity index (χ1) is 15.4. The average molecular weight is 489 g/mol. The molecule has 0 saturated carbocycles. The molecule has 9 nitrogen and oxygen atoms in total. The van der Waals surface area contributed by atoms with Crippen molar-refractivity contribution < 1.29 is 24.3 Å². The lowest BCUT2D eigenvalue weighted by Crippen LogP contribution is -2.59. The fourth-order valence-electron chi connectivity index (χ4n) is 3.24. The van der Waals surface area contributed by atoms with Crippen molar-refractivity contribution in [1.82, 2.24) is 16.0 Å². The lowest BCUT2D eigenvalue weighted by atomic mass is 9.94. The third kappa shape index (κ3) is 11.2. The van der Waals surface area contributed by atoms with E-state index in [1.807, 2.05) is 40.9 Å². The lowest BCUT2D eigenvalue weighted by molar-refractivity contribution is -0.144. The van der Waals surface area contributed by atoms with Crippen molar-refractivity contribution in [3.8, 4) is 0 Å². The van der Waals surface area contributed by atoms with Crippen LogP contribution in [0.4, 0.5) is 0 Å². The number of thioether (sulfide) groups is 1. The van der Waals surface area contributed by atoms with E-state index < -0.39 is 47.9 Å². The number of carbonyl (C=O) groups is 4. The van der Waals surface area contributed by atoms with Gasteiger partial charge >= 0.3 is 5.97 Å². The maximum Gasteiger partial charge on any atom is 0.326 e. The number of carboxylic acids is 1. The van der Waals surface area contributed by atoms with Crippen LogP contribution in [0, 0.1) is 17.8 Å². The monoisotopic (exact) mass is 488 g/mol. The summed E-state index contributed by atoms with van der Waals surface area (Å²) in [5, 5.41) is 17.6. The predicted molar refractivity (Wildman–Crippen MR) is 133 cm³/mol. The molecule has 6 atom stereocenters. The van der Waals surface area contributed by atoms with Crippen LogP contribution in [0.2, 0.25) is 0 Å². The van der Waals surface area contributed by atoms with Crippen LogP contribution in [0.25, 0.3) is 0 Å². The molecular weight excluding hydrogens is 444 g/mol. The van der Waals surface area contributed by atoms with Crippen LogP contribution in [0.15, 0.2) is 0 Å². The summed E-state index contributed by atoms with van der Waals surface area (Å²) in [7, 11) is 0. The topological polar surface area (TPSA) is 151 Å². The van der Waals surface area contributed by atoms with Crippen molar-refractivity contribution in [2.24, 2.45) is 23.5 Å². The molecule has 192 valence electrons. The van der Waals surface area contributed by atoms with E-state index in [-0.39, 0.29) is 17.8 Å². The molecule has 0 aromatic heterocycles. The quantitative estimate of drug-likeness (QED) is 0.222. The van der Waals surface area contributed by atoms with Gasteiger partial charge in [0.2, 0.25) is 17.7 Å². The van der Waals surface area contributed by atoms with E-state index in [2.05, 4.69) is 16.0 Å². The summed E-state index contributed by atoms with van der Waals surface area (Å²) in [6, 6.07) is -3.54. The minimum Gasteiger partial charge on any atom is -0.480 e. The summed E-state index contributed by atoms with van der Waals surface area (Å²) in [5.41, 5.74) is 5.95. The number of amides is 3. The molecule has 0 radical (unpaired) electrons. The molecule has 0 heterocycles. The summed E-state index contributed by atoms with van der Waals surface area (Å²) in [6.07, 6.45) is 3.98. The van der Waals surface area contributed by atoms with Gasteiger partial charge in [0.25, 0.3) is 0 Å². The van der Waals surface area contributed by atoms with Gasteiger partial charge in [-0.15, -0.1) is 0 Å². The zero-order chi connectivity index (χ0) is 25.7. The first kappa shape index (κ1) is 31.2. The van der Waals surface area contributed by atoms with Crippen LogP contribution in [0.3, 0.4) is 0 Å². The third-order valence-electron chi connectivity index (χ3n) is 5.88. The highest BCUT2D eigenvalue weighted by Gasteiger charge is 2.34. The van der Waals surface area contributed by atoms with E-state index in [9.17, 15) is 24.3 Å². The lowest BCUT2D eigenvalue weighted by Gasteiger charge is -2.29. The number of hydrogen-bond acceptors (Lipinski definition) is 6. The van der Waals surface area contributed by atoms with Gasteiger partial charge in [-0.2, -0.15) is 11.8 Å². The molecule has 0 fully saturated rings. The minimum absolute atomic E-state index is 0.112.